The molecule has 0 bridgehead atoms. The summed E-state index contributed by atoms with van der Waals surface area (Å²) in [5.41, 5.74) is 2.11. The number of benzene rings is 1. The molecule has 2 rings (SSSR count). The van der Waals surface area contributed by atoms with E-state index in [1.165, 1.54) is 0 Å². The summed E-state index contributed by atoms with van der Waals surface area (Å²) in [6, 6.07) is 8.12. The first-order valence-corrected chi connectivity index (χ1v) is 7.54. The molecule has 1 aromatic carbocycles. The van der Waals surface area contributed by atoms with E-state index < -0.39 is 0 Å². The normalized spacial score (nSPS) is 11.1. The molecule has 0 amide bonds. The molecular formula is C17H22ClNO2. The lowest BCUT2D eigenvalue weighted by Crippen LogP contribution is -2.21. The molecular weight excluding hydrogens is 286 g/mol. The Hall–Kier alpha value is -1.45. The Morgan fingerprint density at radius 1 is 1.24 bits per heavy atom. The molecule has 0 atom stereocenters. The Kier molecular flexibility index (Phi) is 5.32. The van der Waals surface area contributed by atoms with Gasteiger partial charge in [-0.05, 0) is 43.7 Å². The van der Waals surface area contributed by atoms with E-state index in [9.17, 15) is 0 Å². The smallest absolute Gasteiger partial charge is 0.122 e. The molecule has 0 spiro atoms. The number of halogens is 1. The summed E-state index contributed by atoms with van der Waals surface area (Å²) in [7, 11) is 0. The lowest BCUT2D eigenvalue weighted by atomic mass is 10.2. The largest absolute Gasteiger partial charge is 0.489 e. The molecule has 0 aliphatic rings. The lowest BCUT2D eigenvalue weighted by Gasteiger charge is -2.08. The average Bonchev–Trinajstić information content (AvgIpc) is 2.76. The minimum absolute atomic E-state index is 0.437. The Morgan fingerprint density at radius 2 is 2.00 bits per heavy atom. The third kappa shape index (κ3) is 4.51. The number of furan rings is 1. The maximum absolute atomic E-state index is 5.95. The van der Waals surface area contributed by atoms with Crippen molar-refractivity contribution in [3.63, 3.8) is 0 Å². The molecule has 0 unspecified atom stereocenters. The highest BCUT2D eigenvalue weighted by Crippen LogP contribution is 2.24. The van der Waals surface area contributed by atoms with Crippen molar-refractivity contribution in [1.82, 2.24) is 5.32 Å². The van der Waals surface area contributed by atoms with Crippen molar-refractivity contribution >= 4 is 11.6 Å². The monoisotopic (exact) mass is 307 g/mol. The van der Waals surface area contributed by atoms with Crippen LogP contribution in [-0.4, -0.2) is 6.04 Å². The minimum atomic E-state index is 0.437. The van der Waals surface area contributed by atoms with Crippen LogP contribution in [0.5, 0.6) is 5.75 Å². The van der Waals surface area contributed by atoms with Crippen molar-refractivity contribution in [2.75, 3.05) is 0 Å². The van der Waals surface area contributed by atoms with Crippen LogP contribution in [0.2, 0.25) is 5.02 Å². The van der Waals surface area contributed by atoms with E-state index >= 15 is 0 Å². The van der Waals surface area contributed by atoms with Gasteiger partial charge in [-0.3, -0.25) is 0 Å². The Balaban J connectivity index is 1.99. The predicted octanol–water partition coefficient (Wildman–Crippen LogP) is 4.63. The fourth-order valence-electron chi connectivity index (χ4n) is 2.05. The fourth-order valence-corrected chi connectivity index (χ4v) is 2.28. The van der Waals surface area contributed by atoms with Crippen LogP contribution in [-0.2, 0) is 13.2 Å². The van der Waals surface area contributed by atoms with Crippen LogP contribution in [0.4, 0.5) is 0 Å². The van der Waals surface area contributed by atoms with Crippen LogP contribution in [0.1, 0.15) is 36.5 Å². The second-order valence-electron chi connectivity index (χ2n) is 5.53. The van der Waals surface area contributed by atoms with Gasteiger partial charge in [0.2, 0.25) is 0 Å². The zero-order chi connectivity index (χ0) is 15.4. The molecule has 1 N–H and O–H groups in total. The maximum Gasteiger partial charge on any atom is 0.122 e. The topological polar surface area (TPSA) is 34.4 Å². The summed E-state index contributed by atoms with van der Waals surface area (Å²) < 4.78 is 11.6. The molecule has 4 heteroatoms. The van der Waals surface area contributed by atoms with Crippen LogP contribution in [0, 0.1) is 13.8 Å². The molecule has 2 aromatic rings. The average molecular weight is 308 g/mol. The summed E-state index contributed by atoms with van der Waals surface area (Å²) in [5, 5.41) is 4.07. The molecule has 0 aliphatic heterocycles. The third-order valence-electron chi connectivity index (χ3n) is 3.28. The van der Waals surface area contributed by atoms with Crippen molar-refractivity contribution in [1.29, 1.82) is 0 Å². The molecule has 0 saturated heterocycles. The summed E-state index contributed by atoms with van der Waals surface area (Å²) in [6.07, 6.45) is 0. The Labute approximate surface area is 131 Å². The molecule has 0 aliphatic carbocycles. The highest BCUT2D eigenvalue weighted by atomic mass is 35.5. The number of aryl methyl sites for hydroxylation is 2. The molecule has 1 aromatic heterocycles. The van der Waals surface area contributed by atoms with E-state index in [0.29, 0.717) is 12.6 Å². The molecule has 0 saturated carbocycles. The SMILES string of the molecule is Cc1cc(Cl)ccc1OCc1cc(CNC(C)C)oc1C. The van der Waals surface area contributed by atoms with E-state index in [-0.39, 0.29) is 0 Å². The molecule has 114 valence electrons. The van der Waals surface area contributed by atoms with E-state index in [1.807, 2.05) is 32.0 Å². The second-order valence-corrected chi connectivity index (χ2v) is 5.96. The van der Waals surface area contributed by atoms with Gasteiger partial charge < -0.3 is 14.5 Å². The van der Waals surface area contributed by atoms with Crippen LogP contribution in [0.3, 0.4) is 0 Å². The molecule has 3 nitrogen and oxygen atoms in total. The summed E-state index contributed by atoms with van der Waals surface area (Å²) in [6.45, 7) is 9.41. The Morgan fingerprint density at radius 3 is 2.67 bits per heavy atom. The molecule has 1 heterocycles. The van der Waals surface area contributed by atoms with Gasteiger partial charge in [0, 0.05) is 16.6 Å². The van der Waals surface area contributed by atoms with Gasteiger partial charge in [0.15, 0.2) is 0 Å². The van der Waals surface area contributed by atoms with Gasteiger partial charge in [-0.15, -0.1) is 0 Å². The van der Waals surface area contributed by atoms with E-state index in [1.54, 1.807) is 0 Å². The zero-order valence-electron chi connectivity index (χ0n) is 13.0. The number of hydrogen-bond acceptors (Lipinski definition) is 3. The van der Waals surface area contributed by atoms with Gasteiger partial charge >= 0.3 is 0 Å². The van der Waals surface area contributed by atoms with Gasteiger partial charge in [-0.1, -0.05) is 25.4 Å². The van der Waals surface area contributed by atoms with E-state index in [0.717, 1.165) is 40.0 Å². The first kappa shape index (κ1) is 15.9. The van der Waals surface area contributed by atoms with Crippen LogP contribution < -0.4 is 10.1 Å². The quantitative estimate of drug-likeness (QED) is 0.845. The minimum Gasteiger partial charge on any atom is -0.489 e. The van der Waals surface area contributed by atoms with Crippen molar-refractivity contribution in [2.24, 2.45) is 0 Å². The van der Waals surface area contributed by atoms with Crippen LogP contribution >= 0.6 is 11.6 Å². The highest BCUT2D eigenvalue weighted by molar-refractivity contribution is 6.30. The van der Waals surface area contributed by atoms with Crippen molar-refractivity contribution in [3.8, 4) is 5.75 Å². The number of hydrogen-bond donors (Lipinski definition) is 1. The molecule has 21 heavy (non-hydrogen) atoms. The zero-order valence-corrected chi connectivity index (χ0v) is 13.8. The Bertz CT molecular complexity index is 605. The van der Waals surface area contributed by atoms with Crippen LogP contribution in [0.25, 0.3) is 0 Å². The van der Waals surface area contributed by atoms with Gasteiger partial charge in [0.25, 0.3) is 0 Å². The van der Waals surface area contributed by atoms with Crippen LogP contribution in [0.15, 0.2) is 28.7 Å². The first-order valence-electron chi connectivity index (χ1n) is 7.16. The van der Waals surface area contributed by atoms with E-state index in [2.05, 4.69) is 25.2 Å². The number of rotatable bonds is 6. The van der Waals surface area contributed by atoms with Gasteiger partial charge in [-0.2, -0.15) is 0 Å². The number of ether oxygens (including phenoxy) is 1. The van der Waals surface area contributed by atoms with E-state index in [4.69, 9.17) is 20.8 Å². The van der Waals surface area contributed by atoms with Gasteiger partial charge in [-0.25, -0.2) is 0 Å². The fraction of sp³-hybridized carbons (Fsp3) is 0.412. The highest BCUT2D eigenvalue weighted by Gasteiger charge is 2.09. The number of nitrogens with one attached hydrogen (secondary N) is 1. The standard InChI is InChI=1S/C17H22ClNO2/c1-11(2)19-9-16-8-14(13(4)21-16)10-20-17-6-5-15(18)7-12(17)3/h5-8,11,19H,9-10H2,1-4H3. The first-order chi connectivity index (χ1) is 9.95. The third-order valence-corrected chi connectivity index (χ3v) is 3.51. The summed E-state index contributed by atoms with van der Waals surface area (Å²) in [5.74, 6) is 2.69. The maximum atomic E-state index is 5.95. The predicted molar refractivity (Wildman–Crippen MR) is 85.9 cm³/mol. The molecule has 0 radical (unpaired) electrons. The lowest BCUT2D eigenvalue weighted by molar-refractivity contribution is 0.301. The van der Waals surface area contributed by atoms with Crippen molar-refractivity contribution in [3.05, 3.63) is 51.9 Å². The van der Waals surface area contributed by atoms with Gasteiger partial charge in [0.1, 0.15) is 23.9 Å². The second kappa shape index (κ2) is 7.01. The summed E-state index contributed by atoms with van der Waals surface area (Å²) in [4.78, 5) is 0. The summed E-state index contributed by atoms with van der Waals surface area (Å²) >= 11 is 5.95. The van der Waals surface area contributed by atoms with Gasteiger partial charge in [0.05, 0.1) is 6.54 Å². The molecule has 0 fully saturated rings. The van der Waals surface area contributed by atoms with Crippen molar-refractivity contribution < 1.29 is 9.15 Å². The van der Waals surface area contributed by atoms with Crippen molar-refractivity contribution in [2.45, 2.75) is 46.9 Å².